The second-order valence-corrected chi connectivity index (χ2v) is 11.1. The monoisotopic (exact) mass is 482 g/mol. The Hall–Kier alpha value is -3.28. The number of halogens is 1. The molecule has 3 aliphatic carbocycles. The number of fused-ring (bicyclic) bond motifs is 2. The zero-order valence-corrected chi connectivity index (χ0v) is 20.3. The maximum atomic E-state index is 14.0. The summed E-state index contributed by atoms with van der Waals surface area (Å²) in [4.78, 5) is 25.6. The van der Waals surface area contributed by atoms with Gasteiger partial charge in [0.25, 0.3) is 5.91 Å². The highest BCUT2D eigenvalue weighted by Gasteiger charge is 2.41. The summed E-state index contributed by atoms with van der Waals surface area (Å²) >= 11 is 0. The van der Waals surface area contributed by atoms with Crippen LogP contribution in [0.25, 0.3) is 21.9 Å². The lowest BCUT2D eigenvalue weighted by Crippen LogP contribution is -2.25. The van der Waals surface area contributed by atoms with Crippen LogP contribution in [0.1, 0.15) is 84.9 Å². The van der Waals surface area contributed by atoms with Crippen molar-refractivity contribution in [2.24, 2.45) is 11.8 Å². The van der Waals surface area contributed by atoms with Crippen LogP contribution in [0.3, 0.4) is 0 Å². The number of hydrogen-bond donors (Lipinski definition) is 2. The van der Waals surface area contributed by atoms with E-state index in [0.717, 1.165) is 66.3 Å². The number of carbonyl (C=O) groups is 1. The van der Waals surface area contributed by atoms with E-state index < -0.39 is 0 Å². The van der Waals surface area contributed by atoms with E-state index >= 15 is 0 Å². The van der Waals surface area contributed by atoms with Crippen molar-refractivity contribution in [3.8, 4) is 0 Å². The molecule has 4 aromatic rings. The van der Waals surface area contributed by atoms with Gasteiger partial charge >= 0.3 is 0 Å². The number of aromatic amines is 1. The van der Waals surface area contributed by atoms with Gasteiger partial charge in [-0.05, 0) is 117 Å². The minimum Gasteiger partial charge on any atom is -0.349 e. The molecular formula is C30H31FN4O. The summed E-state index contributed by atoms with van der Waals surface area (Å²) in [5.74, 6) is 3.07. The highest BCUT2D eigenvalue weighted by atomic mass is 19.1. The molecule has 0 saturated heterocycles. The molecule has 3 aliphatic rings. The number of hydrogen-bond acceptors (Lipinski definition) is 3. The molecule has 36 heavy (non-hydrogen) atoms. The Kier molecular flexibility index (Phi) is 5.30. The number of nitrogens with one attached hydrogen (secondary N) is 2. The van der Waals surface area contributed by atoms with E-state index in [1.807, 2.05) is 24.4 Å². The van der Waals surface area contributed by atoms with Crippen LogP contribution in [0.15, 0.2) is 48.7 Å². The number of amides is 1. The van der Waals surface area contributed by atoms with Gasteiger partial charge in [0.2, 0.25) is 0 Å². The van der Waals surface area contributed by atoms with Crippen LogP contribution >= 0.6 is 0 Å². The molecule has 1 amide bonds. The standard InChI is InChI=1S/C30H31FN4O/c31-21-8-12-25-24(16-21)23(13-14-32-25)17-1-3-18(4-2-17)28(19-5-6-19)29-34-26-11-7-20(15-27(26)35-29)30(36)33-22-9-10-22/h7-8,11-19,22,28H,1-6,9-10H2,(H,33,36)(H,34,35)/t17-,18+,28-/m0/s1. The van der Waals surface area contributed by atoms with Crippen LogP contribution in [-0.2, 0) is 0 Å². The van der Waals surface area contributed by atoms with Gasteiger partial charge in [-0.25, -0.2) is 9.37 Å². The van der Waals surface area contributed by atoms with Crippen molar-refractivity contribution < 1.29 is 9.18 Å². The number of pyridine rings is 1. The molecule has 3 saturated carbocycles. The number of imidazole rings is 1. The van der Waals surface area contributed by atoms with Crippen molar-refractivity contribution >= 4 is 27.8 Å². The molecule has 1 atom stereocenters. The van der Waals surface area contributed by atoms with Crippen molar-refractivity contribution in [1.29, 1.82) is 0 Å². The number of H-pyrrole nitrogens is 1. The highest BCUT2D eigenvalue weighted by Crippen LogP contribution is 2.52. The van der Waals surface area contributed by atoms with Crippen molar-refractivity contribution in [1.82, 2.24) is 20.3 Å². The summed E-state index contributed by atoms with van der Waals surface area (Å²) in [5, 5.41) is 4.03. The minimum atomic E-state index is -0.197. The maximum Gasteiger partial charge on any atom is 0.251 e. The molecule has 6 heteroatoms. The Balaban J connectivity index is 1.11. The predicted molar refractivity (Wildman–Crippen MR) is 138 cm³/mol. The third kappa shape index (κ3) is 4.16. The van der Waals surface area contributed by atoms with Crippen molar-refractivity contribution in [2.45, 2.75) is 69.2 Å². The molecule has 0 aliphatic heterocycles. The first kappa shape index (κ1) is 22.0. The van der Waals surface area contributed by atoms with Gasteiger partial charge in [-0.1, -0.05) is 0 Å². The number of nitrogens with zero attached hydrogens (tertiary/aromatic N) is 2. The van der Waals surface area contributed by atoms with Crippen LogP contribution in [0.5, 0.6) is 0 Å². The molecule has 0 spiro atoms. The van der Waals surface area contributed by atoms with Gasteiger partial charge in [0.15, 0.2) is 0 Å². The Bertz CT molecular complexity index is 1450. The van der Waals surface area contributed by atoms with E-state index in [0.29, 0.717) is 35.3 Å². The fourth-order valence-electron chi connectivity index (χ4n) is 6.39. The number of benzene rings is 2. The van der Waals surface area contributed by atoms with Crippen molar-refractivity contribution in [3.63, 3.8) is 0 Å². The smallest absolute Gasteiger partial charge is 0.251 e. The van der Waals surface area contributed by atoms with Gasteiger partial charge in [-0.15, -0.1) is 0 Å². The minimum absolute atomic E-state index is 0.00420. The molecule has 7 rings (SSSR count). The zero-order valence-electron chi connectivity index (χ0n) is 20.3. The average Bonchev–Trinajstić information content (AvgIpc) is 3.83. The topological polar surface area (TPSA) is 70.7 Å². The quantitative estimate of drug-likeness (QED) is 0.325. The average molecular weight is 483 g/mol. The van der Waals surface area contributed by atoms with E-state index in [1.54, 1.807) is 12.1 Å². The van der Waals surface area contributed by atoms with E-state index in [1.165, 1.54) is 24.5 Å². The lowest BCUT2D eigenvalue weighted by molar-refractivity contribution is 0.0951. The fraction of sp³-hybridized carbons (Fsp3) is 0.433. The molecule has 2 aromatic heterocycles. The number of rotatable bonds is 6. The van der Waals surface area contributed by atoms with Crippen LogP contribution in [-0.4, -0.2) is 26.9 Å². The zero-order chi connectivity index (χ0) is 24.2. The molecule has 184 valence electrons. The Labute approximate surface area is 209 Å². The Morgan fingerprint density at radius 2 is 1.69 bits per heavy atom. The van der Waals surface area contributed by atoms with Crippen LogP contribution in [0.2, 0.25) is 0 Å². The number of carbonyl (C=O) groups excluding carboxylic acids is 1. The largest absolute Gasteiger partial charge is 0.349 e. The maximum absolute atomic E-state index is 14.0. The summed E-state index contributed by atoms with van der Waals surface area (Å²) < 4.78 is 14.0. The van der Waals surface area contributed by atoms with Gasteiger partial charge in [0.05, 0.1) is 16.6 Å². The molecule has 2 N–H and O–H groups in total. The predicted octanol–water partition coefficient (Wildman–Crippen LogP) is 6.61. The molecule has 0 radical (unpaired) electrons. The number of aromatic nitrogens is 3. The molecule has 2 aromatic carbocycles. The molecular weight excluding hydrogens is 451 g/mol. The SMILES string of the molecule is O=C(NC1CC1)c1ccc2[nH]c([C@H](C3CC3)[C@H]3CC[C@@H](c4ccnc5ccc(F)cc54)CC3)nc2c1. The van der Waals surface area contributed by atoms with E-state index in [9.17, 15) is 9.18 Å². The van der Waals surface area contributed by atoms with E-state index in [4.69, 9.17) is 4.98 Å². The van der Waals surface area contributed by atoms with Crippen LogP contribution in [0.4, 0.5) is 4.39 Å². The lowest BCUT2D eigenvalue weighted by Gasteiger charge is -2.34. The van der Waals surface area contributed by atoms with E-state index in [-0.39, 0.29) is 11.7 Å². The Morgan fingerprint density at radius 1 is 0.917 bits per heavy atom. The first-order valence-corrected chi connectivity index (χ1v) is 13.5. The van der Waals surface area contributed by atoms with E-state index in [2.05, 4.69) is 21.4 Å². The van der Waals surface area contributed by atoms with Gasteiger partial charge in [-0.3, -0.25) is 9.78 Å². The molecule has 0 bridgehead atoms. The van der Waals surface area contributed by atoms with Gasteiger partial charge in [-0.2, -0.15) is 0 Å². The second-order valence-electron chi connectivity index (χ2n) is 11.1. The molecule has 0 unspecified atom stereocenters. The van der Waals surface area contributed by atoms with Gasteiger partial charge in [0.1, 0.15) is 11.6 Å². The van der Waals surface area contributed by atoms with Crippen LogP contribution < -0.4 is 5.32 Å². The normalized spacial score (nSPS) is 23.1. The third-order valence-electron chi connectivity index (χ3n) is 8.58. The summed E-state index contributed by atoms with van der Waals surface area (Å²) in [6, 6.07) is 13.2. The lowest BCUT2D eigenvalue weighted by atomic mass is 9.72. The Morgan fingerprint density at radius 3 is 2.44 bits per heavy atom. The summed E-state index contributed by atoms with van der Waals surface area (Å²) in [6.07, 6.45) is 11.1. The first-order valence-electron chi connectivity index (χ1n) is 13.5. The summed E-state index contributed by atoms with van der Waals surface area (Å²) in [6.45, 7) is 0. The summed E-state index contributed by atoms with van der Waals surface area (Å²) in [5.41, 5.74) is 4.70. The molecule has 3 fully saturated rings. The first-order chi connectivity index (χ1) is 17.6. The van der Waals surface area contributed by atoms with Crippen molar-refractivity contribution in [3.05, 3.63) is 71.4 Å². The second kappa shape index (κ2) is 8.68. The fourth-order valence-corrected chi connectivity index (χ4v) is 6.39. The van der Waals surface area contributed by atoms with Crippen LogP contribution in [0, 0.1) is 17.7 Å². The highest BCUT2D eigenvalue weighted by molar-refractivity contribution is 5.97. The summed E-state index contributed by atoms with van der Waals surface area (Å²) in [7, 11) is 0. The van der Waals surface area contributed by atoms with Crippen molar-refractivity contribution in [2.75, 3.05) is 0 Å². The molecule has 5 nitrogen and oxygen atoms in total. The van der Waals surface area contributed by atoms with Gasteiger partial charge < -0.3 is 10.3 Å². The van der Waals surface area contributed by atoms with Gasteiger partial charge in [0, 0.05) is 29.1 Å². The molecule has 2 heterocycles. The third-order valence-corrected chi connectivity index (χ3v) is 8.58.